The van der Waals surface area contributed by atoms with E-state index in [-0.39, 0.29) is 5.41 Å². The topological polar surface area (TPSA) is 0 Å². The molecule has 40 heavy (non-hydrogen) atoms. The molecule has 0 nitrogen and oxygen atoms in total. The third-order valence-corrected chi connectivity index (χ3v) is 12.5. The van der Waals surface area contributed by atoms with E-state index >= 15 is 0 Å². The number of hydrogen-bond donors (Lipinski definition) is 0. The molecule has 3 heterocycles. The third-order valence-electron chi connectivity index (χ3n) is 12.5. The van der Waals surface area contributed by atoms with Crippen LogP contribution in [0, 0.1) is 29.6 Å². The molecule has 2 aromatic rings. The van der Waals surface area contributed by atoms with Crippen molar-refractivity contribution in [3.63, 3.8) is 0 Å². The van der Waals surface area contributed by atoms with Gasteiger partial charge in [0.15, 0.2) is 6.71 Å². The minimum Gasteiger partial charge on any atom is -0.0800 e. The van der Waals surface area contributed by atoms with Crippen LogP contribution in [0.2, 0.25) is 17.5 Å². The molecule has 1 spiro atoms. The molecular formula is C39H29B. The summed E-state index contributed by atoms with van der Waals surface area (Å²) in [6, 6.07) is 18.8. The van der Waals surface area contributed by atoms with Gasteiger partial charge in [-0.25, -0.2) is 0 Å². The van der Waals surface area contributed by atoms with Crippen molar-refractivity contribution >= 4 is 6.71 Å². The Kier molecular flexibility index (Phi) is 3.62. The molecule has 0 N–H and O–H groups in total. The molecule has 0 amide bonds. The lowest BCUT2D eigenvalue weighted by atomic mass is 9.10. The molecule has 2 aromatic carbocycles. The zero-order chi connectivity index (χ0) is 25.7. The van der Waals surface area contributed by atoms with Gasteiger partial charge in [0.25, 0.3) is 0 Å². The standard InChI is InChI=1S/C39H29B/c1-3-16-30-24(10-1)25-11-2-4-17-31(25)39(30)32-20-18-22-8-5-12-26-28-14-7-15-29-27-13-6-9-23-19-21-33(39)38(35(23)27)40(36(28)29)37(32)34(22)26/h1-21,26,29,32,34-38H. The summed E-state index contributed by atoms with van der Waals surface area (Å²) in [5.41, 5.74) is 14.1. The van der Waals surface area contributed by atoms with Crippen LogP contribution in [0.5, 0.6) is 0 Å². The van der Waals surface area contributed by atoms with Crippen molar-refractivity contribution in [1.82, 2.24) is 0 Å². The zero-order valence-corrected chi connectivity index (χ0v) is 22.3. The Morgan fingerprint density at radius 3 is 2.20 bits per heavy atom. The molecule has 0 aromatic heterocycles. The zero-order valence-electron chi connectivity index (χ0n) is 22.3. The first-order valence-electron chi connectivity index (χ1n) is 15.3. The number of fused-ring (bicyclic) bond motifs is 9. The highest BCUT2D eigenvalue weighted by molar-refractivity contribution is 6.67. The van der Waals surface area contributed by atoms with Gasteiger partial charge < -0.3 is 0 Å². The van der Waals surface area contributed by atoms with Crippen molar-refractivity contribution in [2.75, 3.05) is 0 Å². The molecule has 3 fully saturated rings. The van der Waals surface area contributed by atoms with E-state index in [4.69, 9.17) is 0 Å². The van der Waals surface area contributed by atoms with Crippen LogP contribution < -0.4 is 0 Å². The lowest BCUT2D eigenvalue weighted by Gasteiger charge is -2.68. The fourth-order valence-electron chi connectivity index (χ4n) is 11.7. The summed E-state index contributed by atoms with van der Waals surface area (Å²) in [4.78, 5) is 0. The normalized spacial score (nSPS) is 38.0. The quantitative estimate of drug-likeness (QED) is 0.313. The summed E-state index contributed by atoms with van der Waals surface area (Å²) >= 11 is 0. The molecule has 3 aliphatic heterocycles. The Balaban J connectivity index is 1.30. The van der Waals surface area contributed by atoms with Crippen molar-refractivity contribution in [3.8, 4) is 11.1 Å². The minimum absolute atomic E-state index is 0.111. The van der Waals surface area contributed by atoms with E-state index in [2.05, 4.69) is 128 Å². The van der Waals surface area contributed by atoms with Crippen molar-refractivity contribution in [3.05, 3.63) is 167 Å². The molecule has 3 saturated heterocycles. The minimum atomic E-state index is -0.111. The highest BCUT2D eigenvalue weighted by Crippen LogP contribution is 2.77. The van der Waals surface area contributed by atoms with Gasteiger partial charge in [-0.2, -0.15) is 0 Å². The maximum Gasteiger partial charge on any atom is 0.162 e. The molecule has 0 radical (unpaired) electrons. The Bertz CT molecular complexity index is 1820. The van der Waals surface area contributed by atoms with Crippen molar-refractivity contribution < 1.29 is 0 Å². The van der Waals surface area contributed by atoms with Crippen LogP contribution in [-0.2, 0) is 5.41 Å². The Morgan fingerprint density at radius 2 is 1.35 bits per heavy atom. The Morgan fingerprint density at radius 1 is 0.600 bits per heavy atom. The maximum absolute atomic E-state index is 2.67. The van der Waals surface area contributed by atoms with Crippen molar-refractivity contribution in [2.45, 2.75) is 22.9 Å². The van der Waals surface area contributed by atoms with E-state index in [1.54, 1.807) is 33.4 Å². The van der Waals surface area contributed by atoms with Gasteiger partial charge >= 0.3 is 0 Å². The highest BCUT2D eigenvalue weighted by Gasteiger charge is 2.71. The second kappa shape index (κ2) is 6.89. The van der Waals surface area contributed by atoms with E-state index in [0.717, 1.165) is 0 Å². The Labute approximate surface area is 236 Å². The SMILES string of the molecule is C1=CC2=CC=C3C4B5C6C(=CC=CC6C(=C1)C24)C1C=CC=C2C=CC(C5C21)C31c2ccccc2-c2ccccc21. The third kappa shape index (κ3) is 2.09. The Hall–Kier alpha value is -3.84. The molecule has 0 saturated carbocycles. The van der Waals surface area contributed by atoms with Gasteiger partial charge in [-0.05, 0) is 68.6 Å². The van der Waals surface area contributed by atoms with Gasteiger partial charge in [-0.3, -0.25) is 0 Å². The van der Waals surface area contributed by atoms with Gasteiger partial charge in [0.05, 0.1) is 0 Å². The smallest absolute Gasteiger partial charge is 0.0800 e. The van der Waals surface area contributed by atoms with Gasteiger partial charge in [0, 0.05) is 17.3 Å². The fourth-order valence-corrected chi connectivity index (χ4v) is 11.7. The number of allylic oxidation sites excluding steroid dienone is 18. The predicted molar refractivity (Wildman–Crippen MR) is 164 cm³/mol. The molecular weight excluding hydrogens is 479 g/mol. The molecule has 9 aliphatic rings. The number of hydrogen-bond acceptors (Lipinski definition) is 0. The first-order valence-corrected chi connectivity index (χ1v) is 15.3. The summed E-state index contributed by atoms with van der Waals surface area (Å²) in [7, 11) is 0. The highest BCUT2D eigenvalue weighted by atomic mass is 14.6. The van der Waals surface area contributed by atoms with Crippen molar-refractivity contribution in [2.24, 2.45) is 29.6 Å². The van der Waals surface area contributed by atoms with E-state index in [1.165, 1.54) is 16.7 Å². The lowest BCUT2D eigenvalue weighted by molar-refractivity contribution is 0.259. The molecule has 11 rings (SSSR count). The van der Waals surface area contributed by atoms with Crippen LogP contribution in [0.1, 0.15) is 11.1 Å². The molecule has 0 bridgehead atoms. The van der Waals surface area contributed by atoms with Crippen LogP contribution in [0.3, 0.4) is 0 Å². The molecule has 8 atom stereocenters. The predicted octanol–water partition coefficient (Wildman–Crippen LogP) is 8.61. The van der Waals surface area contributed by atoms with E-state index < -0.39 is 0 Å². The molecule has 8 unspecified atom stereocenters. The average molecular weight is 508 g/mol. The first kappa shape index (κ1) is 21.0. The summed E-state index contributed by atoms with van der Waals surface area (Å²) < 4.78 is 0. The summed E-state index contributed by atoms with van der Waals surface area (Å²) in [5, 5.41) is 0. The van der Waals surface area contributed by atoms with Crippen LogP contribution >= 0.6 is 0 Å². The van der Waals surface area contributed by atoms with E-state index in [0.29, 0.717) is 53.8 Å². The van der Waals surface area contributed by atoms with Gasteiger partial charge in [-0.15, -0.1) is 0 Å². The molecule has 1 heteroatoms. The summed E-state index contributed by atoms with van der Waals surface area (Å²) in [5.74, 6) is 4.29. The van der Waals surface area contributed by atoms with Gasteiger partial charge in [0.2, 0.25) is 0 Å². The van der Waals surface area contributed by atoms with Gasteiger partial charge in [-0.1, -0.05) is 144 Å². The van der Waals surface area contributed by atoms with Gasteiger partial charge in [0.1, 0.15) is 0 Å². The fraction of sp³-hybridized carbons (Fsp3) is 0.231. The second-order valence-electron chi connectivity index (χ2n) is 13.5. The second-order valence-corrected chi connectivity index (χ2v) is 13.5. The van der Waals surface area contributed by atoms with E-state index in [1.807, 2.05) is 0 Å². The van der Waals surface area contributed by atoms with E-state index in [9.17, 15) is 0 Å². The van der Waals surface area contributed by atoms with Crippen LogP contribution in [0.15, 0.2) is 155 Å². The van der Waals surface area contributed by atoms with Crippen LogP contribution in [0.4, 0.5) is 0 Å². The molecule has 188 valence electrons. The van der Waals surface area contributed by atoms with Crippen molar-refractivity contribution in [1.29, 1.82) is 0 Å². The number of benzene rings is 2. The summed E-state index contributed by atoms with van der Waals surface area (Å²) in [6.45, 7) is 0.654. The van der Waals surface area contributed by atoms with Crippen LogP contribution in [-0.4, -0.2) is 6.71 Å². The van der Waals surface area contributed by atoms with Crippen LogP contribution in [0.25, 0.3) is 11.1 Å². The average Bonchev–Trinajstić information content (AvgIpc) is 3.31. The lowest BCUT2D eigenvalue weighted by Crippen LogP contribution is -2.64. The first-order chi connectivity index (χ1) is 19.9. The summed E-state index contributed by atoms with van der Waals surface area (Å²) in [6.07, 6.45) is 32.4. The molecule has 6 aliphatic carbocycles. The maximum atomic E-state index is 2.67. The largest absolute Gasteiger partial charge is 0.162 e. The number of rotatable bonds is 0. The monoisotopic (exact) mass is 508 g/mol.